The van der Waals surface area contributed by atoms with Gasteiger partial charge < -0.3 is 9.67 Å². The number of ketones is 1. The Hall–Kier alpha value is -4.96. The summed E-state index contributed by atoms with van der Waals surface area (Å²) in [5.41, 5.74) is 11.5. The zero-order valence-electron chi connectivity index (χ0n) is 28.4. The van der Waals surface area contributed by atoms with Gasteiger partial charge in [0.1, 0.15) is 12.3 Å². The van der Waals surface area contributed by atoms with E-state index < -0.39 is 0 Å². The number of rotatable bonds is 12. The van der Waals surface area contributed by atoms with Gasteiger partial charge in [0.2, 0.25) is 11.5 Å². The molecule has 0 atom stereocenters. The molecule has 4 aromatic carbocycles. The van der Waals surface area contributed by atoms with Crippen molar-refractivity contribution in [2.45, 2.75) is 72.3 Å². The lowest BCUT2D eigenvalue weighted by Crippen LogP contribution is -2.25. The lowest BCUT2D eigenvalue weighted by Gasteiger charge is -2.24. The number of carbonyl (C=O) groups excluding carboxylic acids is 1. The van der Waals surface area contributed by atoms with Gasteiger partial charge in [-0.25, -0.2) is 0 Å². The Morgan fingerprint density at radius 3 is 2.12 bits per heavy atom. The maximum absolute atomic E-state index is 14.6. The number of hydrogen-bond acceptors (Lipinski definition) is 2. The fraction of sp³-hybridized carbons (Fsp3) is 0.273. The molecular weight excluding hydrogens is 588 g/mol. The van der Waals surface area contributed by atoms with Crippen molar-refractivity contribution in [3.8, 4) is 11.1 Å². The lowest BCUT2D eigenvalue weighted by molar-refractivity contribution is -0.433. The SMILES string of the molecule is CCCCCCCCC1=[N+](CC)c2ccc(-c3ccccc3)cc2C1=C1C(=O)C(c2c(C)n(Cc3ccccc3)c3ccccc23)=C1O. The first-order valence-electron chi connectivity index (χ1n) is 17.7. The number of aromatic nitrogens is 1. The Kier molecular flexibility index (Phi) is 8.99. The molecule has 4 heteroatoms. The molecule has 1 aliphatic heterocycles. The molecule has 0 saturated carbocycles. The third-order valence-corrected chi connectivity index (χ3v) is 10.2. The summed E-state index contributed by atoms with van der Waals surface area (Å²) >= 11 is 0. The summed E-state index contributed by atoms with van der Waals surface area (Å²) in [6.07, 6.45) is 8.10. The first-order chi connectivity index (χ1) is 23.5. The van der Waals surface area contributed by atoms with Crippen LogP contribution >= 0.6 is 0 Å². The molecule has 4 nitrogen and oxygen atoms in total. The van der Waals surface area contributed by atoms with Crippen LogP contribution in [0, 0.1) is 6.92 Å². The first kappa shape index (κ1) is 31.6. The Labute approximate surface area is 284 Å². The molecule has 1 aliphatic carbocycles. The van der Waals surface area contributed by atoms with Gasteiger partial charge in [0.05, 0.1) is 22.3 Å². The average molecular weight is 634 g/mol. The largest absolute Gasteiger partial charge is 0.506 e. The Bertz CT molecular complexity index is 2090. The zero-order valence-corrected chi connectivity index (χ0v) is 28.4. The molecule has 1 aromatic heterocycles. The molecule has 0 spiro atoms. The highest BCUT2D eigenvalue weighted by Crippen LogP contribution is 2.49. The van der Waals surface area contributed by atoms with Crippen molar-refractivity contribution < 1.29 is 14.5 Å². The Morgan fingerprint density at radius 2 is 1.40 bits per heavy atom. The predicted octanol–water partition coefficient (Wildman–Crippen LogP) is 10.8. The van der Waals surface area contributed by atoms with Crippen LogP contribution in [0.15, 0.2) is 114 Å². The van der Waals surface area contributed by atoms with Crippen molar-refractivity contribution in [3.63, 3.8) is 0 Å². The smallest absolute Gasteiger partial charge is 0.213 e. The quantitative estimate of drug-likeness (QED) is 0.0844. The number of benzene rings is 4. The van der Waals surface area contributed by atoms with Gasteiger partial charge in [-0.3, -0.25) is 4.79 Å². The molecule has 242 valence electrons. The van der Waals surface area contributed by atoms with E-state index in [1.54, 1.807) is 0 Å². The summed E-state index contributed by atoms with van der Waals surface area (Å²) in [4.78, 5) is 14.6. The summed E-state index contributed by atoms with van der Waals surface area (Å²) in [7, 11) is 0. The molecule has 2 aliphatic rings. The molecular formula is C44H45N2O2+. The van der Waals surface area contributed by atoms with E-state index in [-0.39, 0.29) is 11.5 Å². The summed E-state index contributed by atoms with van der Waals surface area (Å²) < 4.78 is 4.64. The number of carbonyl (C=O) groups is 1. The summed E-state index contributed by atoms with van der Waals surface area (Å²) in [6.45, 7) is 8.00. The predicted molar refractivity (Wildman–Crippen MR) is 199 cm³/mol. The average Bonchev–Trinajstić information content (AvgIpc) is 3.57. The van der Waals surface area contributed by atoms with E-state index in [9.17, 15) is 9.90 Å². The number of aliphatic hydroxyl groups is 1. The second kappa shape index (κ2) is 13.6. The van der Waals surface area contributed by atoms with Gasteiger partial charge in [0.25, 0.3) is 0 Å². The fourth-order valence-electron chi connectivity index (χ4n) is 7.77. The van der Waals surface area contributed by atoms with E-state index >= 15 is 0 Å². The lowest BCUT2D eigenvalue weighted by atomic mass is 9.77. The van der Waals surface area contributed by atoms with Crippen molar-refractivity contribution in [3.05, 3.63) is 137 Å². The molecule has 0 radical (unpaired) electrons. The number of Topliss-reactive ketones (excluding diaryl/α,β-unsaturated/α-hetero) is 1. The first-order valence-corrected chi connectivity index (χ1v) is 17.7. The van der Waals surface area contributed by atoms with Crippen molar-refractivity contribution >= 4 is 39.2 Å². The summed E-state index contributed by atoms with van der Waals surface area (Å²) in [6, 6.07) is 35.6. The minimum atomic E-state index is -0.0670. The highest BCUT2D eigenvalue weighted by molar-refractivity contribution is 6.47. The molecule has 48 heavy (non-hydrogen) atoms. The molecule has 0 saturated heterocycles. The standard InChI is InChI=1S/C44H44N2O2/c1-4-6-7-8-9-16-25-38-40(35-28-33(32-21-14-11-15-22-32)26-27-37(35)45(38)5-2)42-43(47)41(44(42)48)39-30(3)46(29-31-19-12-10-13-20-31)36-24-18-17-23-34(36)39/h10-15,17-24,26-28H,4-9,16,25,29H2,1-3H3/p+1. The molecule has 0 bridgehead atoms. The van der Waals surface area contributed by atoms with Gasteiger partial charge in [-0.05, 0) is 55.2 Å². The molecule has 5 aromatic rings. The van der Waals surface area contributed by atoms with E-state index in [1.165, 1.54) is 31.2 Å². The minimum absolute atomic E-state index is 0.0670. The van der Waals surface area contributed by atoms with Crippen LogP contribution in [0.3, 0.4) is 0 Å². The van der Waals surface area contributed by atoms with Crippen LogP contribution in [0.2, 0.25) is 0 Å². The number of aliphatic hydroxyl groups excluding tert-OH is 1. The molecule has 7 rings (SSSR count). The van der Waals surface area contributed by atoms with Crippen LogP contribution in [0.25, 0.3) is 33.2 Å². The second-order valence-corrected chi connectivity index (χ2v) is 13.2. The maximum Gasteiger partial charge on any atom is 0.213 e. The summed E-state index contributed by atoms with van der Waals surface area (Å²) in [5.74, 6) is 0.0536. The van der Waals surface area contributed by atoms with E-state index in [1.807, 2.05) is 24.3 Å². The van der Waals surface area contributed by atoms with Crippen LogP contribution in [0.4, 0.5) is 5.69 Å². The Balaban J connectivity index is 1.36. The molecule has 1 N–H and O–H groups in total. The van der Waals surface area contributed by atoms with Gasteiger partial charge >= 0.3 is 0 Å². The maximum atomic E-state index is 14.6. The number of unbranched alkanes of at least 4 members (excludes halogenated alkanes) is 5. The summed E-state index contributed by atoms with van der Waals surface area (Å²) in [5, 5.41) is 13.0. The van der Waals surface area contributed by atoms with E-state index in [4.69, 9.17) is 0 Å². The van der Waals surface area contributed by atoms with Crippen molar-refractivity contribution in [2.75, 3.05) is 6.54 Å². The van der Waals surface area contributed by atoms with Gasteiger partial charge in [0.15, 0.2) is 5.71 Å². The third kappa shape index (κ3) is 5.53. The molecule has 0 fully saturated rings. The number of fused-ring (bicyclic) bond motifs is 2. The van der Waals surface area contributed by atoms with Crippen molar-refractivity contribution in [2.24, 2.45) is 0 Å². The topological polar surface area (TPSA) is 45.2 Å². The zero-order chi connectivity index (χ0) is 33.2. The number of hydrogen-bond donors (Lipinski definition) is 1. The van der Waals surface area contributed by atoms with Gasteiger partial charge in [0, 0.05) is 41.2 Å². The molecule has 2 heterocycles. The second-order valence-electron chi connectivity index (χ2n) is 13.2. The highest BCUT2D eigenvalue weighted by atomic mass is 16.3. The van der Waals surface area contributed by atoms with Crippen LogP contribution < -0.4 is 0 Å². The van der Waals surface area contributed by atoms with Crippen molar-refractivity contribution in [1.82, 2.24) is 4.57 Å². The monoisotopic (exact) mass is 633 g/mol. The van der Waals surface area contributed by atoms with E-state index in [2.05, 4.69) is 109 Å². The van der Waals surface area contributed by atoms with Crippen LogP contribution in [-0.4, -0.2) is 32.3 Å². The van der Waals surface area contributed by atoms with Crippen LogP contribution in [0.1, 0.15) is 81.2 Å². The van der Waals surface area contributed by atoms with Crippen LogP contribution in [0.5, 0.6) is 0 Å². The Morgan fingerprint density at radius 1 is 0.708 bits per heavy atom. The molecule has 0 unspecified atom stereocenters. The minimum Gasteiger partial charge on any atom is -0.506 e. The van der Waals surface area contributed by atoms with Gasteiger partial charge in [-0.2, -0.15) is 4.58 Å². The number of para-hydroxylation sites is 1. The molecule has 0 amide bonds. The van der Waals surface area contributed by atoms with E-state index in [0.717, 1.165) is 81.6 Å². The third-order valence-electron chi connectivity index (χ3n) is 10.2. The van der Waals surface area contributed by atoms with E-state index in [0.29, 0.717) is 17.7 Å². The normalized spacial score (nSPS) is 15.9. The highest BCUT2D eigenvalue weighted by Gasteiger charge is 2.45. The van der Waals surface area contributed by atoms with Gasteiger partial charge in [-0.1, -0.05) is 118 Å². The number of allylic oxidation sites excluding steroid dienone is 3. The van der Waals surface area contributed by atoms with Crippen molar-refractivity contribution in [1.29, 1.82) is 0 Å². The van der Waals surface area contributed by atoms with Gasteiger partial charge in [-0.15, -0.1) is 0 Å². The fourth-order valence-corrected chi connectivity index (χ4v) is 7.77. The number of nitrogens with zero attached hydrogens (tertiary/aromatic N) is 2. The van der Waals surface area contributed by atoms with Crippen LogP contribution in [-0.2, 0) is 11.3 Å².